The van der Waals surface area contributed by atoms with Crippen LogP contribution in [0.25, 0.3) is 0 Å². The lowest BCUT2D eigenvalue weighted by Gasteiger charge is -2.12. The standard InChI is InChI=1S/C14H23NO3/c1-5-11(6-2)8-15-9-12-7-13(10(3)18-12)14(16)17-4/h7,11,15H,5-6,8-9H2,1-4H3. The van der Waals surface area contributed by atoms with Crippen LogP contribution in [0.4, 0.5) is 0 Å². The van der Waals surface area contributed by atoms with Gasteiger partial charge < -0.3 is 14.5 Å². The second-order valence-corrected chi connectivity index (χ2v) is 4.49. The zero-order valence-electron chi connectivity index (χ0n) is 11.7. The van der Waals surface area contributed by atoms with Gasteiger partial charge in [-0.1, -0.05) is 26.7 Å². The van der Waals surface area contributed by atoms with Gasteiger partial charge in [-0.05, 0) is 25.5 Å². The molecule has 0 unspecified atom stereocenters. The minimum Gasteiger partial charge on any atom is -0.465 e. The molecular formula is C14H23NO3. The van der Waals surface area contributed by atoms with Gasteiger partial charge in [0.1, 0.15) is 17.1 Å². The number of hydrogen-bond acceptors (Lipinski definition) is 4. The average Bonchev–Trinajstić information content (AvgIpc) is 2.75. The lowest BCUT2D eigenvalue weighted by atomic mass is 10.0. The van der Waals surface area contributed by atoms with Gasteiger partial charge in [-0.15, -0.1) is 0 Å². The summed E-state index contributed by atoms with van der Waals surface area (Å²) in [4.78, 5) is 11.4. The Morgan fingerprint density at radius 2 is 2.11 bits per heavy atom. The predicted octanol–water partition coefficient (Wildman–Crippen LogP) is 2.90. The van der Waals surface area contributed by atoms with Crippen LogP contribution in [-0.4, -0.2) is 19.6 Å². The lowest BCUT2D eigenvalue weighted by molar-refractivity contribution is 0.0599. The summed E-state index contributed by atoms with van der Waals surface area (Å²) in [5, 5.41) is 3.36. The van der Waals surface area contributed by atoms with Crippen molar-refractivity contribution < 1.29 is 13.9 Å². The van der Waals surface area contributed by atoms with Crippen LogP contribution in [0.1, 0.15) is 48.6 Å². The van der Waals surface area contributed by atoms with Crippen LogP contribution in [0.15, 0.2) is 10.5 Å². The number of rotatable bonds is 7. The Kier molecular flexibility index (Phi) is 5.92. The van der Waals surface area contributed by atoms with Crippen LogP contribution in [0.3, 0.4) is 0 Å². The molecule has 0 radical (unpaired) electrons. The van der Waals surface area contributed by atoms with Crippen molar-refractivity contribution in [2.24, 2.45) is 5.92 Å². The Labute approximate surface area is 109 Å². The highest BCUT2D eigenvalue weighted by molar-refractivity contribution is 5.90. The molecule has 4 heteroatoms. The third-order valence-electron chi connectivity index (χ3n) is 3.26. The zero-order chi connectivity index (χ0) is 13.5. The van der Waals surface area contributed by atoms with E-state index in [1.807, 2.05) is 0 Å². The van der Waals surface area contributed by atoms with Gasteiger partial charge in [0.15, 0.2) is 0 Å². The molecular weight excluding hydrogens is 230 g/mol. The van der Waals surface area contributed by atoms with Gasteiger partial charge in [-0.25, -0.2) is 4.79 Å². The van der Waals surface area contributed by atoms with E-state index in [9.17, 15) is 4.79 Å². The molecule has 1 aromatic heterocycles. The molecule has 0 aliphatic carbocycles. The highest BCUT2D eigenvalue weighted by atomic mass is 16.5. The van der Waals surface area contributed by atoms with Gasteiger partial charge in [0.25, 0.3) is 0 Å². The molecule has 0 aliphatic heterocycles. The summed E-state index contributed by atoms with van der Waals surface area (Å²) in [6, 6.07) is 1.75. The number of hydrogen-bond donors (Lipinski definition) is 1. The molecule has 0 atom stereocenters. The van der Waals surface area contributed by atoms with Gasteiger partial charge in [0.2, 0.25) is 0 Å². The highest BCUT2D eigenvalue weighted by Crippen LogP contribution is 2.15. The van der Waals surface area contributed by atoms with Crippen molar-refractivity contribution in [2.75, 3.05) is 13.7 Å². The maximum atomic E-state index is 11.4. The van der Waals surface area contributed by atoms with Gasteiger partial charge in [0.05, 0.1) is 13.7 Å². The van der Waals surface area contributed by atoms with E-state index in [0.717, 1.165) is 12.3 Å². The van der Waals surface area contributed by atoms with Crippen LogP contribution in [0, 0.1) is 12.8 Å². The number of carbonyl (C=O) groups excluding carboxylic acids is 1. The van der Waals surface area contributed by atoms with Crippen molar-refractivity contribution in [3.63, 3.8) is 0 Å². The van der Waals surface area contributed by atoms with E-state index < -0.39 is 0 Å². The Morgan fingerprint density at radius 1 is 1.44 bits per heavy atom. The van der Waals surface area contributed by atoms with Crippen molar-refractivity contribution in [2.45, 2.75) is 40.2 Å². The summed E-state index contributed by atoms with van der Waals surface area (Å²) >= 11 is 0. The van der Waals surface area contributed by atoms with Gasteiger partial charge in [-0.2, -0.15) is 0 Å². The molecule has 18 heavy (non-hydrogen) atoms. The van der Waals surface area contributed by atoms with Crippen LogP contribution >= 0.6 is 0 Å². The average molecular weight is 253 g/mol. The fourth-order valence-corrected chi connectivity index (χ4v) is 1.92. The number of furan rings is 1. The first kappa shape index (κ1) is 14.8. The molecule has 1 rings (SSSR count). The normalized spacial score (nSPS) is 10.9. The monoisotopic (exact) mass is 253 g/mol. The maximum absolute atomic E-state index is 11.4. The van der Waals surface area contributed by atoms with Crippen molar-refractivity contribution in [3.8, 4) is 0 Å². The Hall–Kier alpha value is -1.29. The van der Waals surface area contributed by atoms with Crippen LogP contribution in [0.2, 0.25) is 0 Å². The number of ether oxygens (including phenoxy) is 1. The molecule has 1 aromatic rings. The van der Waals surface area contributed by atoms with E-state index in [4.69, 9.17) is 4.42 Å². The van der Waals surface area contributed by atoms with E-state index in [1.54, 1.807) is 13.0 Å². The lowest BCUT2D eigenvalue weighted by Crippen LogP contribution is -2.21. The number of aryl methyl sites for hydroxylation is 1. The zero-order valence-corrected chi connectivity index (χ0v) is 11.7. The third-order valence-corrected chi connectivity index (χ3v) is 3.26. The van der Waals surface area contributed by atoms with E-state index in [1.165, 1.54) is 20.0 Å². The minimum absolute atomic E-state index is 0.345. The fraction of sp³-hybridized carbons (Fsp3) is 0.643. The Bertz CT molecular complexity index is 380. The van der Waals surface area contributed by atoms with Crippen LogP contribution < -0.4 is 5.32 Å². The number of nitrogens with one attached hydrogen (secondary N) is 1. The van der Waals surface area contributed by atoms with E-state index in [-0.39, 0.29) is 5.97 Å². The Balaban J connectivity index is 2.51. The summed E-state index contributed by atoms with van der Waals surface area (Å²) in [7, 11) is 1.37. The molecule has 102 valence electrons. The fourth-order valence-electron chi connectivity index (χ4n) is 1.92. The van der Waals surface area contributed by atoms with Crippen molar-refractivity contribution in [3.05, 3.63) is 23.2 Å². The molecule has 0 amide bonds. The smallest absolute Gasteiger partial charge is 0.341 e. The van der Waals surface area contributed by atoms with Crippen molar-refractivity contribution >= 4 is 5.97 Å². The van der Waals surface area contributed by atoms with E-state index in [2.05, 4.69) is 23.9 Å². The molecule has 0 fully saturated rings. The summed E-state index contributed by atoms with van der Waals surface area (Å²) in [5.41, 5.74) is 0.511. The quantitative estimate of drug-likeness (QED) is 0.759. The van der Waals surface area contributed by atoms with Crippen LogP contribution in [-0.2, 0) is 11.3 Å². The van der Waals surface area contributed by atoms with Crippen molar-refractivity contribution in [1.29, 1.82) is 0 Å². The topological polar surface area (TPSA) is 51.5 Å². The van der Waals surface area contributed by atoms with Crippen molar-refractivity contribution in [1.82, 2.24) is 5.32 Å². The maximum Gasteiger partial charge on any atom is 0.341 e. The summed E-state index contributed by atoms with van der Waals surface area (Å²) in [6.07, 6.45) is 2.35. The first-order chi connectivity index (χ1) is 8.62. The molecule has 0 bridgehead atoms. The molecule has 4 nitrogen and oxygen atoms in total. The minimum atomic E-state index is -0.345. The number of carbonyl (C=O) groups is 1. The van der Waals surface area contributed by atoms with Gasteiger partial charge >= 0.3 is 5.97 Å². The summed E-state index contributed by atoms with van der Waals surface area (Å²) in [6.45, 7) is 7.79. The second-order valence-electron chi connectivity index (χ2n) is 4.49. The Morgan fingerprint density at radius 3 is 2.67 bits per heavy atom. The predicted molar refractivity (Wildman–Crippen MR) is 70.6 cm³/mol. The third kappa shape index (κ3) is 3.88. The molecule has 1 N–H and O–H groups in total. The SMILES string of the molecule is CCC(CC)CNCc1cc(C(=O)OC)c(C)o1. The first-order valence-electron chi connectivity index (χ1n) is 6.50. The van der Waals surface area contributed by atoms with E-state index in [0.29, 0.717) is 23.8 Å². The van der Waals surface area contributed by atoms with Gasteiger partial charge in [0, 0.05) is 0 Å². The summed E-state index contributed by atoms with van der Waals surface area (Å²) < 4.78 is 10.2. The second kappa shape index (κ2) is 7.21. The molecule has 1 heterocycles. The molecule has 0 aromatic carbocycles. The number of methoxy groups -OCH3 is 1. The largest absolute Gasteiger partial charge is 0.465 e. The highest BCUT2D eigenvalue weighted by Gasteiger charge is 2.15. The van der Waals surface area contributed by atoms with Crippen LogP contribution in [0.5, 0.6) is 0 Å². The molecule has 0 aliphatic rings. The summed E-state index contributed by atoms with van der Waals surface area (Å²) in [5.74, 6) is 1.74. The van der Waals surface area contributed by atoms with E-state index >= 15 is 0 Å². The molecule has 0 saturated heterocycles. The molecule has 0 saturated carbocycles. The van der Waals surface area contributed by atoms with Gasteiger partial charge in [-0.3, -0.25) is 0 Å². The molecule has 0 spiro atoms. The first-order valence-corrected chi connectivity index (χ1v) is 6.50. The number of esters is 1.